The minimum absolute atomic E-state index is 0.0100. The zero-order valence-corrected chi connectivity index (χ0v) is 31.9. The first kappa shape index (κ1) is 42.5. The predicted molar refractivity (Wildman–Crippen MR) is 198 cm³/mol. The molecule has 4 aliphatic rings. The molecule has 0 aromatic rings. The highest BCUT2D eigenvalue weighted by molar-refractivity contribution is 5.81. The van der Waals surface area contributed by atoms with E-state index in [9.17, 15) is 9.59 Å². The van der Waals surface area contributed by atoms with Crippen LogP contribution in [0.5, 0.6) is 0 Å². The molecule has 4 unspecified atom stereocenters. The summed E-state index contributed by atoms with van der Waals surface area (Å²) in [6.07, 6.45) is 26.1. The molecule has 0 bridgehead atoms. The molecule has 4 saturated carbocycles. The van der Waals surface area contributed by atoms with Crippen molar-refractivity contribution in [1.82, 2.24) is 0 Å². The van der Waals surface area contributed by atoms with Crippen LogP contribution in [0.25, 0.3) is 0 Å². The highest BCUT2D eigenvalue weighted by Crippen LogP contribution is 2.43. The molecule has 0 amide bonds. The van der Waals surface area contributed by atoms with Gasteiger partial charge in [0.1, 0.15) is 12.9 Å². The van der Waals surface area contributed by atoms with Crippen molar-refractivity contribution in [2.75, 3.05) is 33.2 Å². The van der Waals surface area contributed by atoms with E-state index in [1.165, 1.54) is 12.3 Å². The Morgan fingerprint density at radius 2 is 1.08 bits per heavy atom. The van der Waals surface area contributed by atoms with Crippen molar-refractivity contribution < 1.29 is 47.8 Å². The lowest BCUT2D eigenvalue weighted by atomic mass is 9.69. The van der Waals surface area contributed by atoms with E-state index in [0.29, 0.717) is 37.9 Å². The number of hydrogen-bond donors (Lipinski definition) is 0. The molecule has 4 fully saturated rings. The van der Waals surface area contributed by atoms with Gasteiger partial charge >= 0.3 is 11.9 Å². The van der Waals surface area contributed by atoms with Crippen LogP contribution in [0.15, 0.2) is 31.2 Å². The van der Waals surface area contributed by atoms with Crippen molar-refractivity contribution in [1.29, 1.82) is 0 Å². The van der Waals surface area contributed by atoms with Crippen molar-refractivity contribution in [3.05, 3.63) is 31.2 Å². The van der Waals surface area contributed by atoms with Crippen molar-refractivity contribution >= 4 is 11.9 Å². The summed E-state index contributed by atoms with van der Waals surface area (Å²) in [4.78, 5) is 33.9. The first-order valence-corrected chi connectivity index (χ1v) is 20.6. The minimum Gasteiger partial charge on any atom is -0.463 e. The van der Waals surface area contributed by atoms with E-state index in [-0.39, 0.29) is 42.3 Å². The monoisotopic (exact) mass is 732 g/mol. The first-order chi connectivity index (χ1) is 25.5. The Balaban J connectivity index is 0.959. The van der Waals surface area contributed by atoms with Crippen LogP contribution in [0.4, 0.5) is 0 Å². The van der Waals surface area contributed by atoms with Crippen molar-refractivity contribution in [3.63, 3.8) is 0 Å². The number of ether oxygens (including phenoxy) is 6. The summed E-state index contributed by atoms with van der Waals surface area (Å²) in [5, 5.41) is 0. The summed E-state index contributed by atoms with van der Waals surface area (Å²) in [6, 6.07) is 0. The Morgan fingerprint density at radius 1 is 0.577 bits per heavy atom. The third-order valence-electron chi connectivity index (χ3n) is 11.5. The summed E-state index contributed by atoms with van der Waals surface area (Å²) in [5.41, 5.74) is 2.50. The molecule has 0 saturated heterocycles. The molecule has 0 aromatic heterocycles. The number of hydrogen-bond acceptors (Lipinski definition) is 10. The van der Waals surface area contributed by atoms with Crippen LogP contribution in [0.1, 0.15) is 141 Å². The molecule has 4 aliphatic carbocycles. The maximum Gasteiger partial charge on any atom is 0.330 e. The van der Waals surface area contributed by atoms with Crippen LogP contribution < -0.4 is 0 Å². The molecule has 52 heavy (non-hydrogen) atoms. The fraction of sp³-hybridized carbons (Fsp3) is 0.833. The van der Waals surface area contributed by atoms with Gasteiger partial charge in [-0.05, 0) is 134 Å². The fourth-order valence-corrected chi connectivity index (χ4v) is 8.41. The highest BCUT2D eigenvalue weighted by atomic mass is 17.2. The second kappa shape index (κ2) is 25.8. The lowest BCUT2D eigenvalue weighted by Crippen LogP contribution is -2.38. The maximum atomic E-state index is 13.1. The normalized spacial score (nSPS) is 28.9. The van der Waals surface area contributed by atoms with Crippen LogP contribution in [-0.2, 0) is 47.8 Å². The van der Waals surface area contributed by atoms with E-state index < -0.39 is 0 Å². The number of rotatable bonds is 25. The van der Waals surface area contributed by atoms with Gasteiger partial charge in [0.15, 0.2) is 6.26 Å². The smallest absolute Gasteiger partial charge is 0.330 e. The van der Waals surface area contributed by atoms with Gasteiger partial charge < -0.3 is 33.3 Å². The Labute approximate surface area is 313 Å². The minimum atomic E-state index is -0.358. The molecule has 0 heterocycles. The van der Waals surface area contributed by atoms with Gasteiger partial charge in [-0.1, -0.05) is 38.2 Å². The van der Waals surface area contributed by atoms with Gasteiger partial charge in [-0.25, -0.2) is 4.79 Å². The molecular formula is C42H68O10. The van der Waals surface area contributed by atoms with Crippen molar-refractivity contribution in [3.8, 4) is 0 Å². The van der Waals surface area contributed by atoms with E-state index in [1.807, 2.05) is 0 Å². The van der Waals surface area contributed by atoms with Crippen LogP contribution in [0.2, 0.25) is 0 Å². The highest BCUT2D eigenvalue weighted by Gasteiger charge is 2.38. The zero-order valence-electron chi connectivity index (χ0n) is 31.9. The molecule has 0 radical (unpaired) electrons. The lowest BCUT2D eigenvalue weighted by Gasteiger charge is -2.42. The number of esters is 2. The van der Waals surface area contributed by atoms with Gasteiger partial charge in [0.2, 0.25) is 0 Å². The molecule has 0 N–H and O–H groups in total. The number of fused-ring (bicyclic) bond motifs is 1. The average molecular weight is 733 g/mol. The number of carbonyl (C=O) groups is 2. The Kier molecular flexibility index (Phi) is 21.1. The van der Waals surface area contributed by atoms with Gasteiger partial charge in [0.25, 0.3) is 0 Å². The van der Waals surface area contributed by atoms with Gasteiger partial charge in [0.05, 0.1) is 43.5 Å². The van der Waals surface area contributed by atoms with E-state index in [2.05, 4.69) is 18.9 Å². The van der Waals surface area contributed by atoms with Gasteiger partial charge in [-0.3, -0.25) is 4.79 Å². The molecule has 10 nitrogen and oxygen atoms in total. The summed E-state index contributed by atoms with van der Waals surface area (Å²) >= 11 is 0. The second-order valence-corrected chi connectivity index (χ2v) is 15.3. The molecule has 0 aromatic carbocycles. The molecule has 296 valence electrons. The molecule has 4 atom stereocenters. The SMILES string of the molecule is C=C=COOCCCCCCOC1CCC(OCOC2CCC3CC(OC(=O)C4CCC(OCCCCCCOC(=O)C=C)CC4)CCC3C2)CC1. The molecule has 0 aliphatic heterocycles. The predicted octanol–water partition coefficient (Wildman–Crippen LogP) is 8.86. The van der Waals surface area contributed by atoms with Crippen LogP contribution in [0, 0.1) is 17.8 Å². The molecule has 4 rings (SSSR count). The quantitative estimate of drug-likeness (QED) is 0.0132. The summed E-state index contributed by atoms with van der Waals surface area (Å²) in [5.74, 6) is 0.948. The number of carbonyl (C=O) groups excluding carboxylic acids is 2. The summed E-state index contributed by atoms with van der Waals surface area (Å²) in [7, 11) is 0. The lowest BCUT2D eigenvalue weighted by molar-refractivity contribution is -0.248. The maximum absolute atomic E-state index is 13.1. The topological polar surface area (TPSA) is 108 Å². The van der Waals surface area contributed by atoms with E-state index in [1.54, 1.807) is 0 Å². The third-order valence-corrected chi connectivity index (χ3v) is 11.5. The zero-order chi connectivity index (χ0) is 36.6. The van der Waals surface area contributed by atoms with Gasteiger partial charge in [0, 0.05) is 19.3 Å². The summed E-state index contributed by atoms with van der Waals surface area (Å²) < 4.78 is 35.8. The largest absolute Gasteiger partial charge is 0.463 e. The Bertz CT molecular complexity index is 1040. The second-order valence-electron chi connectivity index (χ2n) is 15.3. The summed E-state index contributed by atoms with van der Waals surface area (Å²) in [6.45, 7) is 9.81. The Morgan fingerprint density at radius 3 is 1.69 bits per heavy atom. The van der Waals surface area contributed by atoms with Crippen LogP contribution in [-0.4, -0.2) is 75.7 Å². The first-order valence-electron chi connectivity index (χ1n) is 20.6. The standard InChI is InChI=1S/C42H68O10/c1-3-25-50-51-29-12-8-7-10-27-46-37-21-23-38(24-22-37)48-32-49-39-19-15-35-31-40(20-16-34(35)30-39)52-42(44)33-13-17-36(18-14-33)45-26-9-5-6-11-28-47-41(43)4-2/h4,25,33-40H,1-2,5-24,26-32H2. The van der Waals surface area contributed by atoms with E-state index >= 15 is 0 Å². The van der Waals surface area contributed by atoms with Gasteiger partial charge in [-0.2, -0.15) is 4.89 Å². The van der Waals surface area contributed by atoms with Gasteiger partial charge in [-0.15, -0.1) is 0 Å². The molecule has 0 spiro atoms. The van der Waals surface area contributed by atoms with Crippen LogP contribution >= 0.6 is 0 Å². The Hall–Kier alpha value is -2.20. The molecule has 10 heteroatoms. The van der Waals surface area contributed by atoms with Crippen molar-refractivity contribution in [2.45, 2.75) is 172 Å². The van der Waals surface area contributed by atoms with E-state index in [4.69, 9.17) is 38.2 Å². The van der Waals surface area contributed by atoms with E-state index in [0.717, 1.165) is 154 Å². The average Bonchev–Trinajstić information content (AvgIpc) is 3.17. The number of unbranched alkanes of at least 4 members (excludes halogenated alkanes) is 6. The molecular weight excluding hydrogens is 664 g/mol. The van der Waals surface area contributed by atoms with Crippen molar-refractivity contribution in [2.24, 2.45) is 17.8 Å². The van der Waals surface area contributed by atoms with Crippen LogP contribution in [0.3, 0.4) is 0 Å². The third kappa shape index (κ3) is 16.9. The fourth-order valence-electron chi connectivity index (χ4n) is 8.41.